The molecule has 0 aliphatic heterocycles. The molecule has 2 aromatic rings. The first kappa shape index (κ1) is 15.5. The van der Waals surface area contributed by atoms with Crippen LogP contribution in [0.5, 0.6) is 0 Å². The van der Waals surface area contributed by atoms with E-state index in [4.69, 9.17) is 16.3 Å². The number of aliphatic hydroxyl groups is 1. The molecule has 0 amide bonds. The molecule has 1 aromatic carbocycles. The summed E-state index contributed by atoms with van der Waals surface area (Å²) < 4.78 is 7.70. The quantitative estimate of drug-likeness (QED) is 0.890. The van der Waals surface area contributed by atoms with E-state index in [1.807, 2.05) is 25.1 Å². The largest absolute Gasteiger partial charge is 0.383 e. The summed E-state index contributed by atoms with van der Waals surface area (Å²) in [6.07, 6.45) is 0.735. The van der Waals surface area contributed by atoms with Gasteiger partial charge in [0.05, 0.1) is 30.1 Å². The lowest BCUT2D eigenvalue weighted by molar-refractivity contribution is 0.171. The van der Waals surface area contributed by atoms with Crippen LogP contribution in [-0.4, -0.2) is 28.6 Å². The van der Waals surface area contributed by atoms with Crippen LogP contribution < -0.4 is 0 Å². The third-order valence-corrected chi connectivity index (χ3v) is 3.91. The summed E-state index contributed by atoms with van der Waals surface area (Å²) in [7, 11) is 1.63. The molecule has 1 heterocycles. The van der Waals surface area contributed by atoms with Gasteiger partial charge in [-0.15, -0.1) is 0 Å². The molecular formula is C14H16BrClN2O2. The van der Waals surface area contributed by atoms with Gasteiger partial charge >= 0.3 is 0 Å². The van der Waals surface area contributed by atoms with Crippen molar-refractivity contribution in [2.24, 2.45) is 0 Å². The summed E-state index contributed by atoms with van der Waals surface area (Å²) in [6, 6.07) is 5.74. The fraction of sp³-hybridized carbons (Fsp3) is 0.357. The molecule has 0 spiro atoms. The molecule has 6 heteroatoms. The van der Waals surface area contributed by atoms with Crippen LogP contribution in [0.1, 0.15) is 22.9 Å². The zero-order valence-corrected chi connectivity index (χ0v) is 13.6. The van der Waals surface area contributed by atoms with Crippen molar-refractivity contribution in [3.05, 3.63) is 50.7 Å². The van der Waals surface area contributed by atoms with E-state index in [0.29, 0.717) is 23.9 Å². The Morgan fingerprint density at radius 2 is 2.25 bits per heavy atom. The minimum Gasteiger partial charge on any atom is -0.383 e. The lowest BCUT2D eigenvalue weighted by Crippen LogP contribution is -2.14. The van der Waals surface area contributed by atoms with Crippen LogP contribution in [-0.2, 0) is 11.3 Å². The zero-order valence-electron chi connectivity index (χ0n) is 11.3. The molecule has 0 saturated heterocycles. The number of hydrogen-bond acceptors (Lipinski definition) is 3. The Balaban J connectivity index is 2.37. The number of rotatable bonds is 5. The highest BCUT2D eigenvalue weighted by molar-refractivity contribution is 9.10. The topological polar surface area (TPSA) is 47.3 Å². The number of aromatic nitrogens is 2. The molecule has 0 bridgehead atoms. The first-order chi connectivity index (χ1) is 9.54. The van der Waals surface area contributed by atoms with E-state index < -0.39 is 6.10 Å². The summed E-state index contributed by atoms with van der Waals surface area (Å²) in [5.41, 5.74) is 2.39. The maximum absolute atomic E-state index is 10.6. The Morgan fingerprint density at radius 1 is 1.50 bits per heavy atom. The molecule has 0 aliphatic rings. The highest BCUT2D eigenvalue weighted by Gasteiger charge is 2.21. The molecule has 1 aromatic heterocycles. The normalized spacial score (nSPS) is 12.7. The molecule has 0 fully saturated rings. The van der Waals surface area contributed by atoms with E-state index in [-0.39, 0.29) is 0 Å². The van der Waals surface area contributed by atoms with Gasteiger partial charge in [0.1, 0.15) is 6.10 Å². The predicted octanol–water partition coefficient (Wildman–Crippen LogP) is 3.34. The van der Waals surface area contributed by atoms with Crippen LogP contribution in [0, 0.1) is 6.92 Å². The average Bonchev–Trinajstić information content (AvgIpc) is 2.77. The molecule has 1 atom stereocenters. The van der Waals surface area contributed by atoms with Gasteiger partial charge < -0.3 is 9.84 Å². The van der Waals surface area contributed by atoms with Crippen LogP contribution in [0.3, 0.4) is 0 Å². The zero-order chi connectivity index (χ0) is 14.7. The second-order valence-corrected chi connectivity index (χ2v) is 5.82. The summed E-state index contributed by atoms with van der Waals surface area (Å²) in [6.45, 7) is 3.01. The van der Waals surface area contributed by atoms with Gasteiger partial charge in [-0.2, -0.15) is 5.10 Å². The Bertz CT molecular complexity index is 601. The molecular weight excluding hydrogens is 344 g/mol. The van der Waals surface area contributed by atoms with Crippen molar-refractivity contribution in [2.45, 2.75) is 19.6 Å². The van der Waals surface area contributed by atoms with Crippen molar-refractivity contribution in [3.8, 4) is 0 Å². The molecule has 4 nitrogen and oxygen atoms in total. The number of hydrogen-bond donors (Lipinski definition) is 1. The standard InChI is InChI=1S/C14H16BrClN2O2/c1-9-7-10(15)3-4-11(9)14(19)13-12(16)8-17-18(13)5-6-20-2/h3-4,7-8,14,19H,5-6H2,1-2H3. The maximum atomic E-state index is 10.6. The summed E-state index contributed by atoms with van der Waals surface area (Å²) in [4.78, 5) is 0. The molecule has 0 radical (unpaired) electrons. The third kappa shape index (κ3) is 3.23. The monoisotopic (exact) mass is 358 g/mol. The highest BCUT2D eigenvalue weighted by atomic mass is 79.9. The number of aliphatic hydroxyl groups excluding tert-OH is 1. The average molecular weight is 360 g/mol. The van der Waals surface area contributed by atoms with Crippen molar-refractivity contribution in [3.63, 3.8) is 0 Å². The van der Waals surface area contributed by atoms with E-state index in [9.17, 15) is 5.11 Å². The van der Waals surface area contributed by atoms with Crippen LogP contribution in [0.2, 0.25) is 5.02 Å². The fourth-order valence-electron chi connectivity index (χ4n) is 2.09. The van der Waals surface area contributed by atoms with Gasteiger partial charge in [0, 0.05) is 11.6 Å². The second-order valence-electron chi connectivity index (χ2n) is 4.50. The first-order valence-corrected chi connectivity index (χ1v) is 7.36. The maximum Gasteiger partial charge on any atom is 0.122 e. The van der Waals surface area contributed by atoms with Gasteiger partial charge in [-0.3, -0.25) is 4.68 Å². The number of ether oxygens (including phenoxy) is 1. The summed E-state index contributed by atoms with van der Waals surface area (Å²) >= 11 is 9.57. The first-order valence-electron chi connectivity index (χ1n) is 6.19. The van der Waals surface area contributed by atoms with Crippen molar-refractivity contribution < 1.29 is 9.84 Å². The third-order valence-electron chi connectivity index (χ3n) is 3.13. The minimum atomic E-state index is -0.810. The van der Waals surface area contributed by atoms with Crippen LogP contribution in [0.25, 0.3) is 0 Å². The van der Waals surface area contributed by atoms with Crippen LogP contribution in [0.4, 0.5) is 0 Å². The van der Waals surface area contributed by atoms with E-state index in [2.05, 4.69) is 21.0 Å². The summed E-state index contributed by atoms with van der Waals surface area (Å²) in [5, 5.41) is 15.2. The van der Waals surface area contributed by atoms with Crippen molar-refractivity contribution >= 4 is 27.5 Å². The second kappa shape index (κ2) is 6.72. The van der Waals surface area contributed by atoms with Crippen molar-refractivity contribution in [1.29, 1.82) is 0 Å². The van der Waals surface area contributed by atoms with Gasteiger partial charge in [-0.05, 0) is 30.2 Å². The number of aryl methyl sites for hydroxylation is 1. The molecule has 1 N–H and O–H groups in total. The SMILES string of the molecule is COCCn1ncc(Cl)c1C(O)c1ccc(Br)cc1C. The Hall–Kier alpha value is -0.880. The summed E-state index contributed by atoms with van der Waals surface area (Å²) in [5.74, 6) is 0. The van der Waals surface area contributed by atoms with E-state index >= 15 is 0 Å². The van der Waals surface area contributed by atoms with Crippen LogP contribution in [0.15, 0.2) is 28.9 Å². The number of benzene rings is 1. The molecule has 0 saturated carbocycles. The van der Waals surface area contributed by atoms with E-state index in [0.717, 1.165) is 15.6 Å². The Labute approximate surface area is 131 Å². The lowest BCUT2D eigenvalue weighted by atomic mass is 10.0. The number of nitrogens with zero attached hydrogens (tertiary/aromatic N) is 2. The van der Waals surface area contributed by atoms with Gasteiger partial charge in [0.15, 0.2) is 0 Å². The molecule has 108 valence electrons. The highest BCUT2D eigenvalue weighted by Crippen LogP contribution is 2.31. The number of halogens is 2. The minimum absolute atomic E-state index is 0.455. The van der Waals surface area contributed by atoms with Crippen molar-refractivity contribution in [2.75, 3.05) is 13.7 Å². The van der Waals surface area contributed by atoms with Gasteiger partial charge in [-0.1, -0.05) is 33.6 Å². The van der Waals surface area contributed by atoms with Gasteiger partial charge in [0.2, 0.25) is 0 Å². The van der Waals surface area contributed by atoms with E-state index in [1.165, 1.54) is 0 Å². The molecule has 1 unspecified atom stereocenters. The molecule has 2 rings (SSSR count). The van der Waals surface area contributed by atoms with Gasteiger partial charge in [-0.25, -0.2) is 0 Å². The molecule has 0 aliphatic carbocycles. The smallest absolute Gasteiger partial charge is 0.122 e. The Kier molecular flexibility index (Phi) is 5.21. The lowest BCUT2D eigenvalue weighted by Gasteiger charge is -2.16. The number of methoxy groups -OCH3 is 1. The van der Waals surface area contributed by atoms with Crippen molar-refractivity contribution in [1.82, 2.24) is 9.78 Å². The van der Waals surface area contributed by atoms with Crippen LogP contribution >= 0.6 is 27.5 Å². The van der Waals surface area contributed by atoms with E-state index in [1.54, 1.807) is 18.0 Å². The molecule has 20 heavy (non-hydrogen) atoms. The fourth-order valence-corrected chi connectivity index (χ4v) is 2.81. The van der Waals surface area contributed by atoms with Gasteiger partial charge in [0.25, 0.3) is 0 Å². The predicted molar refractivity (Wildman–Crippen MR) is 82.1 cm³/mol. The Morgan fingerprint density at radius 3 is 2.90 bits per heavy atom.